The van der Waals surface area contributed by atoms with Gasteiger partial charge in [-0.15, -0.1) is 0 Å². The molecule has 2 rings (SSSR count). The first kappa shape index (κ1) is 20.8. The SMILES string of the molecule is CC(C)C(CNC(=O)c1cc(NS(C)(=O)=O)ccc1O)Cc1ccccc1. The van der Waals surface area contributed by atoms with Crippen molar-refractivity contribution in [1.29, 1.82) is 0 Å². The number of nitrogens with one attached hydrogen (secondary N) is 2. The molecule has 0 fully saturated rings. The maximum atomic E-state index is 12.5. The highest BCUT2D eigenvalue weighted by Gasteiger charge is 2.18. The van der Waals surface area contributed by atoms with Gasteiger partial charge in [0.1, 0.15) is 5.75 Å². The monoisotopic (exact) mass is 390 g/mol. The minimum Gasteiger partial charge on any atom is -0.507 e. The average Bonchev–Trinajstić information content (AvgIpc) is 2.59. The van der Waals surface area contributed by atoms with Gasteiger partial charge in [0.2, 0.25) is 10.0 Å². The molecule has 0 spiro atoms. The van der Waals surface area contributed by atoms with Gasteiger partial charge in [-0.2, -0.15) is 0 Å². The van der Waals surface area contributed by atoms with Crippen molar-refractivity contribution >= 4 is 21.6 Å². The summed E-state index contributed by atoms with van der Waals surface area (Å²) in [6, 6.07) is 14.1. The predicted molar refractivity (Wildman–Crippen MR) is 107 cm³/mol. The van der Waals surface area contributed by atoms with Gasteiger partial charge >= 0.3 is 0 Å². The van der Waals surface area contributed by atoms with Gasteiger partial charge in [0.25, 0.3) is 5.91 Å². The van der Waals surface area contributed by atoms with E-state index in [4.69, 9.17) is 0 Å². The van der Waals surface area contributed by atoms with Crippen LogP contribution < -0.4 is 10.0 Å². The molecule has 0 aromatic heterocycles. The van der Waals surface area contributed by atoms with Crippen LogP contribution in [0.15, 0.2) is 48.5 Å². The number of carbonyl (C=O) groups is 1. The van der Waals surface area contributed by atoms with E-state index in [9.17, 15) is 18.3 Å². The number of phenols is 1. The van der Waals surface area contributed by atoms with Crippen LogP contribution in [0.25, 0.3) is 0 Å². The summed E-state index contributed by atoms with van der Waals surface area (Å²) in [7, 11) is -3.47. The van der Waals surface area contributed by atoms with E-state index in [-0.39, 0.29) is 22.9 Å². The van der Waals surface area contributed by atoms with Gasteiger partial charge in [0.05, 0.1) is 11.8 Å². The highest BCUT2D eigenvalue weighted by Crippen LogP contribution is 2.23. The van der Waals surface area contributed by atoms with Crippen molar-refractivity contribution in [2.75, 3.05) is 17.5 Å². The minimum atomic E-state index is -3.47. The van der Waals surface area contributed by atoms with Gasteiger partial charge in [-0.05, 0) is 42.0 Å². The van der Waals surface area contributed by atoms with Gasteiger partial charge in [0.15, 0.2) is 0 Å². The fourth-order valence-electron chi connectivity index (χ4n) is 2.77. The number of rotatable bonds is 8. The van der Waals surface area contributed by atoms with Crippen LogP contribution in [0.3, 0.4) is 0 Å². The number of carbonyl (C=O) groups excluding carboxylic acids is 1. The van der Waals surface area contributed by atoms with Crippen molar-refractivity contribution in [1.82, 2.24) is 5.32 Å². The third-order valence-corrected chi connectivity index (χ3v) is 4.96. The molecular formula is C20H26N2O4S. The number of sulfonamides is 1. The normalized spacial score (nSPS) is 12.6. The van der Waals surface area contributed by atoms with E-state index < -0.39 is 15.9 Å². The van der Waals surface area contributed by atoms with Crippen LogP contribution >= 0.6 is 0 Å². The Morgan fingerprint density at radius 3 is 2.37 bits per heavy atom. The first-order chi connectivity index (χ1) is 12.7. The molecule has 3 N–H and O–H groups in total. The number of phenolic OH excluding ortho intramolecular Hbond substituents is 1. The highest BCUT2D eigenvalue weighted by atomic mass is 32.2. The zero-order chi connectivity index (χ0) is 20.0. The first-order valence-corrected chi connectivity index (χ1v) is 10.7. The Hall–Kier alpha value is -2.54. The smallest absolute Gasteiger partial charge is 0.255 e. The van der Waals surface area contributed by atoms with E-state index in [0.717, 1.165) is 12.7 Å². The number of aromatic hydroxyl groups is 1. The topological polar surface area (TPSA) is 95.5 Å². The van der Waals surface area contributed by atoms with Crippen LogP contribution in [0.1, 0.15) is 29.8 Å². The average molecular weight is 391 g/mol. The van der Waals surface area contributed by atoms with Gasteiger partial charge in [-0.3, -0.25) is 9.52 Å². The third kappa shape index (κ3) is 6.60. The number of amides is 1. The molecule has 0 aliphatic carbocycles. The molecule has 0 saturated carbocycles. The van der Waals surface area contributed by atoms with Crippen LogP contribution in [-0.2, 0) is 16.4 Å². The Morgan fingerprint density at radius 2 is 1.78 bits per heavy atom. The van der Waals surface area contributed by atoms with Crippen molar-refractivity contribution in [2.24, 2.45) is 11.8 Å². The molecule has 7 heteroatoms. The Labute approximate surface area is 160 Å². The molecule has 1 unspecified atom stereocenters. The van der Waals surface area contributed by atoms with Gasteiger partial charge < -0.3 is 10.4 Å². The van der Waals surface area contributed by atoms with Crippen LogP contribution in [0.4, 0.5) is 5.69 Å². The lowest BCUT2D eigenvalue weighted by molar-refractivity contribution is 0.0940. The van der Waals surface area contributed by atoms with E-state index in [2.05, 4.69) is 36.0 Å². The number of benzene rings is 2. The second-order valence-electron chi connectivity index (χ2n) is 7.01. The maximum absolute atomic E-state index is 12.5. The highest BCUT2D eigenvalue weighted by molar-refractivity contribution is 7.92. The van der Waals surface area contributed by atoms with Crippen molar-refractivity contribution in [3.63, 3.8) is 0 Å². The Balaban J connectivity index is 2.08. The van der Waals surface area contributed by atoms with E-state index in [1.807, 2.05) is 18.2 Å². The summed E-state index contributed by atoms with van der Waals surface area (Å²) in [5.74, 6) is -0.0489. The lowest BCUT2D eigenvalue weighted by atomic mass is 9.89. The molecule has 0 saturated heterocycles. The van der Waals surface area contributed by atoms with E-state index in [1.54, 1.807) is 0 Å². The second kappa shape index (κ2) is 8.90. The molecule has 27 heavy (non-hydrogen) atoms. The number of hydrogen-bond acceptors (Lipinski definition) is 4. The Kier molecular flexibility index (Phi) is 6.85. The molecule has 146 valence electrons. The van der Waals surface area contributed by atoms with Gasteiger partial charge in [-0.1, -0.05) is 44.2 Å². The molecule has 0 heterocycles. The van der Waals surface area contributed by atoms with Crippen LogP contribution in [0.5, 0.6) is 5.75 Å². The van der Waals surface area contributed by atoms with Crippen molar-refractivity contribution in [2.45, 2.75) is 20.3 Å². The molecule has 2 aromatic carbocycles. The Morgan fingerprint density at radius 1 is 1.11 bits per heavy atom. The summed E-state index contributed by atoms with van der Waals surface area (Å²) in [5, 5.41) is 12.8. The summed E-state index contributed by atoms with van der Waals surface area (Å²) in [6.07, 6.45) is 1.86. The second-order valence-corrected chi connectivity index (χ2v) is 8.76. The summed E-state index contributed by atoms with van der Waals surface area (Å²) >= 11 is 0. The van der Waals surface area contributed by atoms with E-state index in [1.165, 1.54) is 23.8 Å². The Bertz CT molecular complexity index is 880. The summed E-state index contributed by atoms with van der Waals surface area (Å²) in [6.45, 7) is 4.66. The standard InChI is InChI=1S/C20H26N2O4S/c1-14(2)16(11-15-7-5-4-6-8-15)13-21-20(24)18-12-17(9-10-19(18)23)22-27(3,25)26/h4-10,12,14,16,22-23H,11,13H2,1-3H3,(H,21,24). The molecule has 0 radical (unpaired) electrons. The molecule has 0 aliphatic heterocycles. The maximum Gasteiger partial charge on any atom is 0.255 e. The molecule has 1 amide bonds. The lowest BCUT2D eigenvalue weighted by Gasteiger charge is -2.21. The molecule has 6 nitrogen and oxygen atoms in total. The lowest BCUT2D eigenvalue weighted by Crippen LogP contribution is -2.32. The molecule has 2 aromatic rings. The predicted octanol–water partition coefficient (Wildman–Crippen LogP) is 3.01. The number of anilines is 1. The van der Waals surface area contributed by atoms with Crippen LogP contribution in [0.2, 0.25) is 0 Å². The van der Waals surface area contributed by atoms with Crippen LogP contribution in [-0.4, -0.2) is 32.2 Å². The van der Waals surface area contributed by atoms with E-state index in [0.29, 0.717) is 12.5 Å². The quantitative estimate of drug-likeness (QED) is 0.604. The molecule has 0 bridgehead atoms. The van der Waals surface area contributed by atoms with Crippen molar-refractivity contribution in [3.05, 3.63) is 59.7 Å². The summed E-state index contributed by atoms with van der Waals surface area (Å²) in [5.41, 5.74) is 1.46. The van der Waals surface area contributed by atoms with Gasteiger partial charge in [-0.25, -0.2) is 8.42 Å². The fourth-order valence-corrected chi connectivity index (χ4v) is 3.33. The molecule has 1 atom stereocenters. The van der Waals surface area contributed by atoms with Crippen LogP contribution in [0, 0.1) is 11.8 Å². The fraction of sp³-hybridized carbons (Fsp3) is 0.350. The van der Waals surface area contributed by atoms with E-state index >= 15 is 0 Å². The zero-order valence-electron chi connectivity index (χ0n) is 15.8. The number of hydrogen-bond donors (Lipinski definition) is 3. The largest absolute Gasteiger partial charge is 0.507 e. The summed E-state index contributed by atoms with van der Waals surface area (Å²) in [4.78, 5) is 12.5. The summed E-state index contributed by atoms with van der Waals surface area (Å²) < 4.78 is 25.0. The van der Waals surface area contributed by atoms with Crippen molar-refractivity contribution in [3.8, 4) is 5.75 Å². The molecule has 0 aliphatic rings. The first-order valence-electron chi connectivity index (χ1n) is 8.78. The van der Waals surface area contributed by atoms with Gasteiger partial charge in [0, 0.05) is 12.2 Å². The molecular weight excluding hydrogens is 364 g/mol. The third-order valence-electron chi connectivity index (χ3n) is 4.35. The zero-order valence-corrected chi connectivity index (χ0v) is 16.6. The minimum absolute atomic E-state index is 0.0332. The van der Waals surface area contributed by atoms with Crippen molar-refractivity contribution < 1.29 is 18.3 Å².